The second kappa shape index (κ2) is 5.28. The Labute approximate surface area is 115 Å². The molecule has 5 heteroatoms. The zero-order chi connectivity index (χ0) is 13.3. The van der Waals surface area contributed by atoms with Crippen LogP contribution in [-0.2, 0) is 4.79 Å². The highest BCUT2D eigenvalue weighted by Crippen LogP contribution is 2.28. The van der Waals surface area contributed by atoms with Gasteiger partial charge in [-0.25, -0.2) is 0 Å². The van der Waals surface area contributed by atoms with Gasteiger partial charge in [0, 0.05) is 30.3 Å². The highest BCUT2D eigenvalue weighted by Gasteiger charge is 2.21. The Morgan fingerprint density at radius 3 is 2.67 bits per heavy atom. The number of aliphatic hydroxyl groups is 1. The molecule has 0 spiro atoms. The molecule has 1 aromatic rings. The maximum atomic E-state index is 11.7. The zero-order valence-corrected chi connectivity index (χ0v) is 12.1. The van der Waals surface area contributed by atoms with Crippen LogP contribution in [0, 0.1) is 0 Å². The minimum Gasteiger partial charge on any atom is -0.389 e. The molecule has 0 bridgehead atoms. The van der Waals surface area contributed by atoms with Crippen molar-refractivity contribution < 1.29 is 9.90 Å². The molecule has 1 fully saturated rings. The SMILES string of the molecule is CC(O)c1ccc(N2CCN(C)C(=O)C2)cc1Br. The summed E-state index contributed by atoms with van der Waals surface area (Å²) in [7, 11) is 1.83. The first-order valence-electron chi connectivity index (χ1n) is 5.95. The molecule has 0 aromatic heterocycles. The van der Waals surface area contributed by atoms with Crippen LogP contribution in [0.4, 0.5) is 5.69 Å². The highest BCUT2D eigenvalue weighted by molar-refractivity contribution is 9.10. The Morgan fingerprint density at radius 2 is 2.11 bits per heavy atom. The van der Waals surface area contributed by atoms with Crippen LogP contribution in [0.15, 0.2) is 22.7 Å². The first-order chi connectivity index (χ1) is 8.49. The Hall–Kier alpha value is -1.07. The van der Waals surface area contributed by atoms with Crippen molar-refractivity contribution in [1.29, 1.82) is 0 Å². The molecule has 4 nitrogen and oxygen atoms in total. The summed E-state index contributed by atoms with van der Waals surface area (Å²) in [5, 5.41) is 9.58. The van der Waals surface area contributed by atoms with Gasteiger partial charge in [-0.05, 0) is 24.6 Å². The summed E-state index contributed by atoms with van der Waals surface area (Å²) in [5.41, 5.74) is 1.87. The monoisotopic (exact) mass is 312 g/mol. The third-order valence-corrected chi connectivity index (χ3v) is 3.94. The number of rotatable bonds is 2. The van der Waals surface area contributed by atoms with Gasteiger partial charge in [0.2, 0.25) is 5.91 Å². The average Bonchev–Trinajstić information content (AvgIpc) is 2.32. The summed E-state index contributed by atoms with van der Waals surface area (Å²) in [6.45, 7) is 3.73. The van der Waals surface area contributed by atoms with Crippen LogP contribution < -0.4 is 4.90 Å². The van der Waals surface area contributed by atoms with E-state index in [4.69, 9.17) is 0 Å². The van der Waals surface area contributed by atoms with Crippen LogP contribution in [0.5, 0.6) is 0 Å². The van der Waals surface area contributed by atoms with Crippen LogP contribution >= 0.6 is 15.9 Å². The van der Waals surface area contributed by atoms with E-state index in [9.17, 15) is 9.90 Å². The van der Waals surface area contributed by atoms with Crippen LogP contribution in [0.1, 0.15) is 18.6 Å². The molecule has 1 amide bonds. The highest BCUT2D eigenvalue weighted by atomic mass is 79.9. The Balaban J connectivity index is 2.19. The first kappa shape index (κ1) is 13.4. The number of aliphatic hydroxyl groups excluding tert-OH is 1. The molecule has 1 aromatic carbocycles. The van der Waals surface area contributed by atoms with E-state index < -0.39 is 6.10 Å². The number of carbonyl (C=O) groups is 1. The smallest absolute Gasteiger partial charge is 0.241 e. The topological polar surface area (TPSA) is 43.8 Å². The molecule has 0 saturated carbocycles. The molecule has 1 heterocycles. The second-order valence-corrected chi connectivity index (χ2v) is 5.47. The number of piperazine rings is 1. The third kappa shape index (κ3) is 2.67. The molecule has 18 heavy (non-hydrogen) atoms. The summed E-state index contributed by atoms with van der Waals surface area (Å²) in [5.74, 6) is 0.136. The summed E-state index contributed by atoms with van der Waals surface area (Å²) in [6, 6.07) is 5.80. The summed E-state index contributed by atoms with van der Waals surface area (Å²) in [6.07, 6.45) is -0.498. The predicted molar refractivity (Wildman–Crippen MR) is 74.6 cm³/mol. The van der Waals surface area contributed by atoms with Gasteiger partial charge in [-0.15, -0.1) is 0 Å². The predicted octanol–water partition coefficient (Wildman–Crippen LogP) is 1.78. The second-order valence-electron chi connectivity index (χ2n) is 4.62. The van der Waals surface area contributed by atoms with Gasteiger partial charge in [0.1, 0.15) is 0 Å². The van der Waals surface area contributed by atoms with Crippen LogP contribution in [0.3, 0.4) is 0 Å². The number of amides is 1. The quantitative estimate of drug-likeness (QED) is 0.905. The lowest BCUT2D eigenvalue weighted by Crippen LogP contribution is -2.48. The molecule has 1 unspecified atom stereocenters. The van der Waals surface area contributed by atoms with Crippen molar-refractivity contribution in [3.8, 4) is 0 Å². The molecule has 0 aliphatic carbocycles. The molecule has 1 atom stereocenters. The van der Waals surface area contributed by atoms with E-state index in [0.717, 1.165) is 28.8 Å². The van der Waals surface area contributed by atoms with Gasteiger partial charge in [0.05, 0.1) is 12.6 Å². The normalized spacial score (nSPS) is 18.1. The van der Waals surface area contributed by atoms with E-state index in [0.29, 0.717) is 6.54 Å². The number of benzene rings is 1. The lowest BCUT2D eigenvalue weighted by molar-refractivity contribution is -0.129. The lowest BCUT2D eigenvalue weighted by atomic mass is 10.1. The Morgan fingerprint density at radius 1 is 1.39 bits per heavy atom. The molecule has 1 aliphatic rings. The average molecular weight is 313 g/mol. The number of halogens is 1. The van der Waals surface area contributed by atoms with Gasteiger partial charge >= 0.3 is 0 Å². The maximum absolute atomic E-state index is 11.7. The van der Waals surface area contributed by atoms with E-state index >= 15 is 0 Å². The van der Waals surface area contributed by atoms with E-state index in [1.807, 2.05) is 25.2 Å². The zero-order valence-electron chi connectivity index (χ0n) is 10.6. The molecular weight excluding hydrogens is 296 g/mol. The van der Waals surface area contributed by atoms with Crippen LogP contribution in [0.25, 0.3) is 0 Å². The minimum absolute atomic E-state index is 0.136. The lowest BCUT2D eigenvalue weighted by Gasteiger charge is -2.33. The van der Waals surface area contributed by atoms with Crippen LogP contribution in [-0.4, -0.2) is 42.6 Å². The Kier molecular flexibility index (Phi) is 3.92. The number of nitrogens with zero attached hydrogens (tertiary/aromatic N) is 2. The van der Waals surface area contributed by atoms with Gasteiger partial charge in [-0.1, -0.05) is 22.0 Å². The van der Waals surface area contributed by atoms with Crippen molar-refractivity contribution in [2.45, 2.75) is 13.0 Å². The summed E-state index contributed by atoms with van der Waals surface area (Å²) < 4.78 is 0.876. The number of carbonyl (C=O) groups excluding carboxylic acids is 1. The molecular formula is C13H17BrN2O2. The van der Waals surface area contributed by atoms with Gasteiger partial charge in [0.25, 0.3) is 0 Å². The van der Waals surface area contributed by atoms with Gasteiger partial charge in [-0.2, -0.15) is 0 Å². The van der Waals surface area contributed by atoms with Gasteiger partial charge in [-0.3, -0.25) is 4.79 Å². The van der Waals surface area contributed by atoms with Crippen molar-refractivity contribution in [2.24, 2.45) is 0 Å². The fourth-order valence-electron chi connectivity index (χ4n) is 2.03. The summed E-state index contributed by atoms with van der Waals surface area (Å²) >= 11 is 3.46. The fourth-order valence-corrected chi connectivity index (χ4v) is 2.73. The number of hydrogen-bond donors (Lipinski definition) is 1. The van der Waals surface area contributed by atoms with E-state index in [2.05, 4.69) is 20.8 Å². The first-order valence-corrected chi connectivity index (χ1v) is 6.75. The Bertz CT molecular complexity index is 462. The molecule has 1 N–H and O–H groups in total. The molecule has 2 rings (SSSR count). The number of hydrogen-bond acceptors (Lipinski definition) is 3. The molecule has 0 radical (unpaired) electrons. The van der Waals surface area contributed by atoms with Crippen molar-refractivity contribution in [2.75, 3.05) is 31.6 Å². The number of anilines is 1. The standard InChI is InChI=1S/C13H17BrN2O2/c1-9(17)11-4-3-10(7-12(11)14)16-6-5-15(2)13(18)8-16/h3-4,7,9,17H,5-6,8H2,1-2H3. The fraction of sp³-hybridized carbons (Fsp3) is 0.462. The van der Waals surface area contributed by atoms with Crippen molar-refractivity contribution in [1.82, 2.24) is 4.90 Å². The number of likely N-dealkylation sites (N-methyl/N-ethyl adjacent to an activating group) is 1. The molecule has 98 valence electrons. The minimum atomic E-state index is -0.498. The largest absolute Gasteiger partial charge is 0.389 e. The van der Waals surface area contributed by atoms with Crippen molar-refractivity contribution >= 4 is 27.5 Å². The molecule has 1 saturated heterocycles. The maximum Gasteiger partial charge on any atom is 0.241 e. The van der Waals surface area contributed by atoms with Crippen molar-refractivity contribution in [3.05, 3.63) is 28.2 Å². The van der Waals surface area contributed by atoms with Gasteiger partial charge < -0.3 is 14.9 Å². The van der Waals surface area contributed by atoms with Crippen LogP contribution in [0.2, 0.25) is 0 Å². The molecule has 1 aliphatic heterocycles. The van der Waals surface area contributed by atoms with Gasteiger partial charge in [0.15, 0.2) is 0 Å². The van der Waals surface area contributed by atoms with E-state index in [1.165, 1.54) is 0 Å². The third-order valence-electron chi connectivity index (χ3n) is 3.26. The summed E-state index contributed by atoms with van der Waals surface area (Å²) in [4.78, 5) is 15.5. The van der Waals surface area contributed by atoms with E-state index in [-0.39, 0.29) is 5.91 Å². The van der Waals surface area contributed by atoms with E-state index in [1.54, 1.807) is 11.8 Å². The van der Waals surface area contributed by atoms with Crippen molar-refractivity contribution in [3.63, 3.8) is 0 Å².